The first kappa shape index (κ1) is 10.4. The summed E-state index contributed by atoms with van der Waals surface area (Å²) >= 11 is 6.46. The van der Waals surface area contributed by atoms with Crippen molar-refractivity contribution < 1.29 is 4.42 Å². The number of furan rings is 1. The molecular weight excluding hydrogens is 232 g/mol. The summed E-state index contributed by atoms with van der Waals surface area (Å²) < 4.78 is 5.60. The fourth-order valence-corrected chi connectivity index (χ4v) is 2.30. The monoisotopic (exact) mass is 242 g/mol. The predicted octanol–water partition coefficient (Wildman–Crippen LogP) is 4.76. The van der Waals surface area contributed by atoms with Gasteiger partial charge in [-0.3, -0.25) is 0 Å². The number of hydrogen-bond donors (Lipinski definition) is 0. The second kappa shape index (κ2) is 4.27. The molecule has 17 heavy (non-hydrogen) atoms. The molecule has 0 radical (unpaired) electrons. The smallest absolute Gasteiger partial charge is 0.133 e. The second-order valence-electron chi connectivity index (χ2n) is 3.96. The van der Waals surface area contributed by atoms with Crippen molar-refractivity contribution in [1.82, 2.24) is 0 Å². The fraction of sp³-hybridized carbons (Fsp3) is 0.0667. The van der Waals surface area contributed by atoms with Crippen LogP contribution in [-0.4, -0.2) is 0 Å². The molecule has 0 saturated heterocycles. The minimum Gasteiger partial charge on any atom is -0.466 e. The Bertz CT molecular complexity index is 627. The van der Waals surface area contributed by atoms with Crippen LogP contribution in [0.5, 0.6) is 0 Å². The normalized spacial score (nSPS) is 12.8. The van der Waals surface area contributed by atoms with Gasteiger partial charge in [0, 0.05) is 10.8 Å². The largest absolute Gasteiger partial charge is 0.466 e. The minimum absolute atomic E-state index is 0.240. The van der Waals surface area contributed by atoms with Crippen molar-refractivity contribution in [2.24, 2.45) is 0 Å². The third-order valence-electron chi connectivity index (χ3n) is 2.86. The van der Waals surface area contributed by atoms with Crippen LogP contribution in [0.25, 0.3) is 10.8 Å². The van der Waals surface area contributed by atoms with Gasteiger partial charge in [-0.2, -0.15) is 0 Å². The molecule has 0 bridgehead atoms. The molecule has 0 aliphatic carbocycles. The van der Waals surface area contributed by atoms with Crippen molar-refractivity contribution in [1.29, 1.82) is 0 Å². The van der Waals surface area contributed by atoms with Gasteiger partial charge in [-0.05, 0) is 5.56 Å². The number of hydrogen-bond acceptors (Lipinski definition) is 1. The average Bonchev–Trinajstić information content (AvgIpc) is 2.83. The van der Waals surface area contributed by atoms with Crippen molar-refractivity contribution in [3.63, 3.8) is 0 Å². The predicted molar refractivity (Wildman–Crippen MR) is 70.4 cm³/mol. The van der Waals surface area contributed by atoms with E-state index in [2.05, 4.69) is 0 Å². The van der Waals surface area contributed by atoms with E-state index >= 15 is 0 Å². The van der Waals surface area contributed by atoms with Crippen LogP contribution in [-0.2, 0) is 0 Å². The lowest BCUT2D eigenvalue weighted by atomic mass is 10.1. The van der Waals surface area contributed by atoms with Crippen molar-refractivity contribution in [3.05, 3.63) is 72.2 Å². The summed E-state index contributed by atoms with van der Waals surface area (Å²) in [6.45, 7) is 0. The van der Waals surface area contributed by atoms with E-state index in [1.165, 1.54) is 0 Å². The van der Waals surface area contributed by atoms with Crippen LogP contribution in [0.2, 0.25) is 0 Å². The van der Waals surface area contributed by atoms with Gasteiger partial charge in [0.25, 0.3) is 0 Å². The Kier molecular flexibility index (Phi) is 2.62. The van der Waals surface area contributed by atoms with Crippen LogP contribution in [0.15, 0.2) is 65.3 Å². The van der Waals surface area contributed by atoms with E-state index in [-0.39, 0.29) is 5.38 Å². The summed E-state index contributed by atoms with van der Waals surface area (Å²) in [6, 6.07) is 18.0. The highest BCUT2D eigenvalue weighted by Crippen LogP contribution is 2.34. The maximum absolute atomic E-state index is 6.46. The lowest BCUT2D eigenvalue weighted by molar-refractivity contribution is 0.522. The molecule has 0 amide bonds. The van der Waals surface area contributed by atoms with Crippen molar-refractivity contribution >= 4 is 22.4 Å². The Morgan fingerprint density at radius 3 is 2.41 bits per heavy atom. The summed E-state index contributed by atoms with van der Waals surface area (Å²) in [5.74, 6) is 0.813. The molecule has 1 aromatic heterocycles. The molecule has 0 saturated carbocycles. The number of rotatable bonds is 2. The van der Waals surface area contributed by atoms with E-state index in [1.807, 2.05) is 54.6 Å². The third-order valence-corrected chi connectivity index (χ3v) is 3.31. The first-order chi connectivity index (χ1) is 8.36. The van der Waals surface area contributed by atoms with Crippen LogP contribution < -0.4 is 0 Å². The molecule has 0 aliphatic rings. The first-order valence-electron chi connectivity index (χ1n) is 5.51. The quantitative estimate of drug-likeness (QED) is 0.591. The van der Waals surface area contributed by atoms with Gasteiger partial charge in [0.05, 0.1) is 6.26 Å². The molecule has 1 unspecified atom stereocenters. The number of benzene rings is 2. The number of fused-ring (bicyclic) bond motifs is 1. The van der Waals surface area contributed by atoms with E-state index < -0.39 is 0 Å². The zero-order valence-electron chi connectivity index (χ0n) is 9.14. The van der Waals surface area contributed by atoms with Crippen LogP contribution in [0, 0.1) is 0 Å². The van der Waals surface area contributed by atoms with Crippen LogP contribution in [0.3, 0.4) is 0 Å². The van der Waals surface area contributed by atoms with E-state index in [1.54, 1.807) is 6.26 Å². The summed E-state index contributed by atoms with van der Waals surface area (Å²) in [4.78, 5) is 0. The zero-order chi connectivity index (χ0) is 11.7. The maximum Gasteiger partial charge on any atom is 0.133 e. The molecule has 3 rings (SSSR count). The Hall–Kier alpha value is -1.73. The SMILES string of the molecule is ClC(c1ccccc1)c1occ2ccccc12. The third kappa shape index (κ3) is 1.83. The molecule has 0 N–H and O–H groups in total. The highest BCUT2D eigenvalue weighted by atomic mass is 35.5. The second-order valence-corrected chi connectivity index (χ2v) is 4.40. The number of alkyl halides is 1. The summed E-state index contributed by atoms with van der Waals surface area (Å²) in [5, 5.41) is 1.93. The van der Waals surface area contributed by atoms with E-state index in [0.717, 1.165) is 22.1 Å². The van der Waals surface area contributed by atoms with Crippen LogP contribution in [0.1, 0.15) is 16.7 Å². The van der Waals surface area contributed by atoms with E-state index in [9.17, 15) is 0 Å². The lowest BCUT2D eigenvalue weighted by Gasteiger charge is -2.07. The highest BCUT2D eigenvalue weighted by molar-refractivity contribution is 6.23. The van der Waals surface area contributed by atoms with E-state index in [4.69, 9.17) is 16.0 Å². The van der Waals surface area contributed by atoms with Gasteiger partial charge in [0.2, 0.25) is 0 Å². The van der Waals surface area contributed by atoms with Gasteiger partial charge in [0.1, 0.15) is 11.1 Å². The first-order valence-corrected chi connectivity index (χ1v) is 5.95. The molecule has 1 nitrogen and oxygen atoms in total. The van der Waals surface area contributed by atoms with Crippen molar-refractivity contribution in [2.75, 3.05) is 0 Å². The van der Waals surface area contributed by atoms with Gasteiger partial charge in [-0.25, -0.2) is 0 Å². The molecule has 1 atom stereocenters. The Morgan fingerprint density at radius 2 is 1.59 bits per heavy atom. The van der Waals surface area contributed by atoms with Gasteiger partial charge in [-0.1, -0.05) is 54.6 Å². The summed E-state index contributed by atoms with van der Waals surface area (Å²) in [5.41, 5.74) is 1.05. The minimum atomic E-state index is -0.240. The molecule has 0 spiro atoms. The fourth-order valence-electron chi connectivity index (χ4n) is 1.98. The molecule has 3 aromatic rings. The molecule has 2 aromatic carbocycles. The van der Waals surface area contributed by atoms with Gasteiger partial charge in [0.15, 0.2) is 0 Å². The van der Waals surface area contributed by atoms with Gasteiger partial charge >= 0.3 is 0 Å². The van der Waals surface area contributed by atoms with E-state index in [0.29, 0.717) is 0 Å². The number of halogens is 1. The average molecular weight is 243 g/mol. The molecule has 2 heteroatoms. The summed E-state index contributed by atoms with van der Waals surface area (Å²) in [6.07, 6.45) is 1.75. The Morgan fingerprint density at radius 1 is 0.882 bits per heavy atom. The standard InChI is InChI=1S/C15H11ClO/c16-14(11-6-2-1-3-7-11)15-13-9-5-4-8-12(13)10-17-15/h1-10,14H. The highest BCUT2D eigenvalue weighted by Gasteiger charge is 2.17. The maximum atomic E-state index is 6.46. The van der Waals surface area contributed by atoms with Crippen LogP contribution >= 0.6 is 11.6 Å². The molecule has 84 valence electrons. The zero-order valence-corrected chi connectivity index (χ0v) is 9.89. The Labute approximate surface area is 105 Å². The topological polar surface area (TPSA) is 13.1 Å². The molecular formula is C15H11ClO. The Balaban J connectivity index is 2.10. The van der Waals surface area contributed by atoms with Crippen LogP contribution in [0.4, 0.5) is 0 Å². The molecule has 1 heterocycles. The molecule has 0 fully saturated rings. The summed E-state index contributed by atoms with van der Waals surface area (Å²) in [7, 11) is 0. The molecule has 0 aliphatic heterocycles. The van der Waals surface area contributed by atoms with Gasteiger partial charge < -0.3 is 4.42 Å². The van der Waals surface area contributed by atoms with Crippen molar-refractivity contribution in [2.45, 2.75) is 5.38 Å². The lowest BCUT2D eigenvalue weighted by Crippen LogP contribution is -1.90. The van der Waals surface area contributed by atoms with Crippen molar-refractivity contribution in [3.8, 4) is 0 Å². The van der Waals surface area contributed by atoms with Gasteiger partial charge in [-0.15, -0.1) is 11.6 Å².